The number of hydrogen-bond acceptors (Lipinski definition) is 6. The van der Waals surface area contributed by atoms with E-state index in [1.807, 2.05) is 41.5 Å². The van der Waals surface area contributed by atoms with E-state index < -0.39 is 17.5 Å². The van der Waals surface area contributed by atoms with Crippen LogP contribution < -0.4 is 0 Å². The summed E-state index contributed by atoms with van der Waals surface area (Å²) in [4.78, 5) is 45.8. The molecule has 7 heteroatoms. The molecule has 1 aliphatic rings. The second kappa shape index (κ2) is 8.71. The molecular weight excluding hydrogens is 314 g/mol. The molecule has 1 heterocycles. The Morgan fingerprint density at radius 2 is 1.33 bits per heavy atom. The standard InChI is InChI=1S/C17H29NO6/c1-7-16(3,4)23-21-15(22-24-17(5,6)8-2)11-12-18-13(19)9-10-14(18)20/h9-10,15H,7-8,11-12H2,1-6H3. The molecule has 1 aliphatic heterocycles. The second-order valence-electron chi connectivity index (χ2n) is 6.97. The molecule has 0 saturated carbocycles. The van der Waals surface area contributed by atoms with Crippen LogP contribution in [-0.4, -0.2) is 40.8 Å². The number of nitrogens with zero attached hydrogens (tertiary/aromatic N) is 1. The van der Waals surface area contributed by atoms with Gasteiger partial charge in [-0.2, -0.15) is 0 Å². The maximum Gasteiger partial charge on any atom is 0.253 e. The lowest BCUT2D eigenvalue weighted by Crippen LogP contribution is -2.36. The fourth-order valence-corrected chi connectivity index (χ4v) is 1.48. The van der Waals surface area contributed by atoms with Crippen LogP contribution in [0.5, 0.6) is 0 Å². The normalized spacial score (nSPS) is 15.9. The Hall–Kier alpha value is -1.28. The summed E-state index contributed by atoms with van der Waals surface area (Å²) in [5, 5.41) is 0. The molecule has 0 N–H and O–H groups in total. The number of imide groups is 1. The van der Waals surface area contributed by atoms with Crippen LogP contribution in [0.3, 0.4) is 0 Å². The molecule has 0 aliphatic carbocycles. The zero-order valence-electron chi connectivity index (χ0n) is 15.5. The van der Waals surface area contributed by atoms with Gasteiger partial charge in [0.2, 0.25) is 6.29 Å². The lowest BCUT2D eigenvalue weighted by atomic mass is 10.1. The van der Waals surface area contributed by atoms with Gasteiger partial charge in [0.15, 0.2) is 0 Å². The fourth-order valence-electron chi connectivity index (χ4n) is 1.48. The van der Waals surface area contributed by atoms with Gasteiger partial charge < -0.3 is 0 Å². The molecular formula is C17H29NO6. The highest BCUT2D eigenvalue weighted by atomic mass is 17.3. The molecule has 0 atom stereocenters. The van der Waals surface area contributed by atoms with Gasteiger partial charge in [0.05, 0.1) is 11.2 Å². The molecule has 0 spiro atoms. The van der Waals surface area contributed by atoms with Crippen molar-refractivity contribution in [1.29, 1.82) is 0 Å². The van der Waals surface area contributed by atoms with Crippen molar-refractivity contribution < 1.29 is 29.1 Å². The number of carbonyl (C=O) groups is 2. The minimum Gasteiger partial charge on any atom is -0.275 e. The molecule has 0 radical (unpaired) electrons. The number of amides is 2. The van der Waals surface area contributed by atoms with Crippen molar-refractivity contribution in [3.05, 3.63) is 12.2 Å². The molecule has 0 aromatic rings. The number of hydrogen-bond donors (Lipinski definition) is 0. The van der Waals surface area contributed by atoms with E-state index in [9.17, 15) is 9.59 Å². The van der Waals surface area contributed by atoms with Gasteiger partial charge in [-0.05, 0) is 40.5 Å². The zero-order chi connectivity index (χ0) is 18.4. The number of carbonyl (C=O) groups excluding carboxylic acids is 2. The zero-order valence-corrected chi connectivity index (χ0v) is 15.5. The smallest absolute Gasteiger partial charge is 0.253 e. The molecule has 0 bridgehead atoms. The van der Waals surface area contributed by atoms with E-state index in [0.29, 0.717) is 0 Å². The van der Waals surface area contributed by atoms with E-state index in [-0.39, 0.29) is 24.8 Å². The van der Waals surface area contributed by atoms with Crippen molar-refractivity contribution in [2.24, 2.45) is 0 Å². The van der Waals surface area contributed by atoms with Crippen molar-refractivity contribution >= 4 is 11.8 Å². The van der Waals surface area contributed by atoms with Crippen LogP contribution in [-0.2, 0) is 29.1 Å². The van der Waals surface area contributed by atoms with Crippen LogP contribution in [0.2, 0.25) is 0 Å². The topological polar surface area (TPSA) is 74.3 Å². The van der Waals surface area contributed by atoms with E-state index in [1.54, 1.807) is 0 Å². The van der Waals surface area contributed by atoms with Crippen molar-refractivity contribution in [2.75, 3.05) is 6.54 Å². The van der Waals surface area contributed by atoms with Crippen LogP contribution >= 0.6 is 0 Å². The van der Waals surface area contributed by atoms with Gasteiger partial charge in [0.25, 0.3) is 11.8 Å². The summed E-state index contributed by atoms with van der Waals surface area (Å²) < 4.78 is 0. The largest absolute Gasteiger partial charge is 0.275 e. The highest BCUT2D eigenvalue weighted by molar-refractivity contribution is 6.12. The van der Waals surface area contributed by atoms with E-state index in [0.717, 1.165) is 17.7 Å². The minimum absolute atomic E-state index is 0.154. The fraction of sp³-hybridized carbons (Fsp3) is 0.765. The summed E-state index contributed by atoms with van der Waals surface area (Å²) in [6.45, 7) is 11.7. The Morgan fingerprint density at radius 3 is 1.71 bits per heavy atom. The van der Waals surface area contributed by atoms with Gasteiger partial charge in [-0.3, -0.25) is 14.5 Å². The highest BCUT2D eigenvalue weighted by Crippen LogP contribution is 2.20. The van der Waals surface area contributed by atoms with Crippen LogP contribution in [0.15, 0.2) is 12.2 Å². The first-order valence-corrected chi connectivity index (χ1v) is 8.32. The van der Waals surface area contributed by atoms with Gasteiger partial charge in [-0.15, -0.1) is 0 Å². The first-order chi connectivity index (χ1) is 11.1. The first kappa shape index (κ1) is 20.8. The molecule has 0 saturated heterocycles. The van der Waals surface area contributed by atoms with Crippen molar-refractivity contribution in [3.8, 4) is 0 Å². The Morgan fingerprint density at radius 1 is 0.917 bits per heavy atom. The molecule has 1 rings (SSSR count). The quantitative estimate of drug-likeness (QED) is 0.248. The van der Waals surface area contributed by atoms with E-state index in [1.165, 1.54) is 12.2 Å². The average molecular weight is 343 g/mol. The van der Waals surface area contributed by atoms with Gasteiger partial charge >= 0.3 is 0 Å². The van der Waals surface area contributed by atoms with Crippen molar-refractivity contribution in [3.63, 3.8) is 0 Å². The average Bonchev–Trinajstić information content (AvgIpc) is 2.85. The lowest BCUT2D eigenvalue weighted by Gasteiger charge is -2.28. The van der Waals surface area contributed by atoms with E-state index in [2.05, 4.69) is 0 Å². The third-order valence-corrected chi connectivity index (χ3v) is 3.95. The van der Waals surface area contributed by atoms with Crippen LogP contribution in [0, 0.1) is 0 Å². The van der Waals surface area contributed by atoms with Gasteiger partial charge in [-0.25, -0.2) is 19.6 Å². The third-order valence-electron chi connectivity index (χ3n) is 3.95. The molecule has 0 aromatic heterocycles. The number of rotatable bonds is 11. The first-order valence-electron chi connectivity index (χ1n) is 8.32. The Bertz CT molecular complexity index is 434. The predicted octanol–water partition coefficient (Wildman–Crippen LogP) is 2.90. The third kappa shape index (κ3) is 6.68. The predicted molar refractivity (Wildman–Crippen MR) is 87.3 cm³/mol. The van der Waals surface area contributed by atoms with Crippen LogP contribution in [0.4, 0.5) is 0 Å². The van der Waals surface area contributed by atoms with Gasteiger partial charge in [-0.1, -0.05) is 13.8 Å². The van der Waals surface area contributed by atoms with E-state index >= 15 is 0 Å². The van der Waals surface area contributed by atoms with Gasteiger partial charge in [0, 0.05) is 25.1 Å². The summed E-state index contributed by atoms with van der Waals surface area (Å²) in [7, 11) is 0. The van der Waals surface area contributed by atoms with Crippen molar-refractivity contribution in [2.45, 2.75) is 78.3 Å². The van der Waals surface area contributed by atoms with Gasteiger partial charge in [0.1, 0.15) is 0 Å². The molecule has 138 valence electrons. The lowest BCUT2D eigenvalue weighted by molar-refractivity contribution is -0.500. The molecule has 7 nitrogen and oxygen atoms in total. The maximum atomic E-state index is 11.6. The second-order valence-corrected chi connectivity index (χ2v) is 6.97. The molecule has 2 amide bonds. The summed E-state index contributed by atoms with van der Waals surface area (Å²) in [6, 6.07) is 0. The Balaban J connectivity index is 2.59. The van der Waals surface area contributed by atoms with Crippen LogP contribution in [0.25, 0.3) is 0 Å². The minimum atomic E-state index is -0.858. The molecule has 0 aromatic carbocycles. The van der Waals surface area contributed by atoms with Crippen LogP contribution in [0.1, 0.15) is 60.8 Å². The van der Waals surface area contributed by atoms with Crippen molar-refractivity contribution in [1.82, 2.24) is 4.90 Å². The molecule has 0 fully saturated rings. The summed E-state index contributed by atoms with van der Waals surface area (Å²) in [5.74, 6) is -0.688. The summed E-state index contributed by atoms with van der Waals surface area (Å²) in [5.41, 5.74) is -0.967. The molecule has 0 unspecified atom stereocenters. The molecule has 24 heavy (non-hydrogen) atoms. The highest BCUT2D eigenvalue weighted by Gasteiger charge is 2.28. The summed E-state index contributed by atoms with van der Waals surface area (Å²) in [6.07, 6.45) is 3.35. The maximum absolute atomic E-state index is 11.6. The summed E-state index contributed by atoms with van der Waals surface area (Å²) >= 11 is 0. The Kier molecular flexibility index (Phi) is 7.54. The Labute approximate surface area is 143 Å². The monoisotopic (exact) mass is 343 g/mol. The SMILES string of the molecule is CCC(C)(C)OOC(CCN1C(=O)C=CC1=O)OOC(C)(C)CC. The van der Waals surface area contributed by atoms with E-state index in [4.69, 9.17) is 19.6 Å².